The van der Waals surface area contributed by atoms with E-state index in [1.54, 1.807) is 38.6 Å². The lowest BCUT2D eigenvalue weighted by atomic mass is 9.70. The number of hydrogen-bond acceptors (Lipinski definition) is 5. The monoisotopic (exact) mass is 555 g/mol. The van der Waals surface area contributed by atoms with Crippen molar-refractivity contribution in [3.8, 4) is 0 Å². The van der Waals surface area contributed by atoms with Gasteiger partial charge in [0.2, 0.25) is 17.7 Å². The Hall–Kier alpha value is -1.32. The zero-order valence-corrected chi connectivity index (χ0v) is 22.9. The molecule has 1 N–H and O–H groups in total. The highest BCUT2D eigenvalue weighted by molar-refractivity contribution is 9.09. The lowest BCUT2D eigenvalue weighted by Crippen LogP contribution is -2.57. The predicted octanol–water partition coefficient (Wildman–Crippen LogP) is 2.68. The zero-order valence-electron chi connectivity index (χ0n) is 20.5. The number of nitrogens with zero attached hydrogens (tertiary/aromatic N) is 3. The van der Waals surface area contributed by atoms with Gasteiger partial charge >= 0.3 is 0 Å². The summed E-state index contributed by atoms with van der Waals surface area (Å²) in [5.41, 5.74) is 0. The van der Waals surface area contributed by atoms with Crippen molar-refractivity contribution in [2.24, 2.45) is 11.8 Å². The first kappa shape index (κ1) is 27.3. The fraction of sp³-hybridized carbons (Fsp3) is 0.720. The number of fused-ring (bicyclic) bond motifs is 1. The van der Waals surface area contributed by atoms with Crippen LogP contribution >= 0.6 is 27.7 Å². The van der Waals surface area contributed by atoms with Crippen molar-refractivity contribution in [3.05, 3.63) is 25.3 Å². The van der Waals surface area contributed by atoms with Crippen molar-refractivity contribution < 1.29 is 19.5 Å². The van der Waals surface area contributed by atoms with Gasteiger partial charge in [-0.15, -0.1) is 24.9 Å². The second-order valence-electron chi connectivity index (χ2n) is 9.72. The van der Waals surface area contributed by atoms with E-state index in [1.807, 2.05) is 20.8 Å². The van der Waals surface area contributed by atoms with Crippen molar-refractivity contribution in [2.45, 2.75) is 66.9 Å². The Morgan fingerprint density at radius 2 is 1.97 bits per heavy atom. The molecule has 1 spiro atoms. The molecule has 3 saturated heterocycles. The summed E-state index contributed by atoms with van der Waals surface area (Å²) < 4.78 is -0.664. The van der Waals surface area contributed by atoms with Crippen LogP contribution in [0.2, 0.25) is 0 Å². The fourth-order valence-corrected chi connectivity index (χ4v) is 9.55. The number of aliphatic hydroxyl groups is 1. The Labute approximate surface area is 216 Å². The third kappa shape index (κ3) is 4.48. The minimum absolute atomic E-state index is 0.0226. The second-order valence-corrected chi connectivity index (χ2v) is 12.4. The van der Waals surface area contributed by atoms with Gasteiger partial charge in [-0.3, -0.25) is 14.4 Å². The van der Waals surface area contributed by atoms with E-state index in [4.69, 9.17) is 0 Å². The quantitative estimate of drug-likeness (QED) is 0.296. The molecule has 9 heteroatoms. The van der Waals surface area contributed by atoms with E-state index in [-0.39, 0.29) is 40.4 Å². The smallest absolute Gasteiger partial charge is 0.247 e. The Balaban J connectivity index is 2.06. The van der Waals surface area contributed by atoms with Gasteiger partial charge in [0.05, 0.1) is 16.6 Å². The molecule has 3 heterocycles. The molecular weight excluding hydrogens is 518 g/mol. The lowest BCUT2D eigenvalue weighted by Gasteiger charge is -2.39. The molecule has 0 saturated carbocycles. The number of carbonyl (C=O) groups excluding carboxylic acids is 3. The largest absolute Gasteiger partial charge is 0.396 e. The van der Waals surface area contributed by atoms with E-state index in [0.29, 0.717) is 39.0 Å². The van der Waals surface area contributed by atoms with Crippen LogP contribution in [0.5, 0.6) is 0 Å². The van der Waals surface area contributed by atoms with Crippen molar-refractivity contribution in [2.75, 3.05) is 32.8 Å². The number of aliphatic hydroxyl groups excluding tert-OH is 1. The van der Waals surface area contributed by atoms with Gasteiger partial charge in [0.1, 0.15) is 6.04 Å². The number of thioether (sulfide) groups is 1. The molecule has 34 heavy (non-hydrogen) atoms. The van der Waals surface area contributed by atoms with Gasteiger partial charge in [0, 0.05) is 48.9 Å². The number of halogens is 1. The number of carbonyl (C=O) groups is 3. The maximum absolute atomic E-state index is 14.0. The summed E-state index contributed by atoms with van der Waals surface area (Å²) in [7, 11) is 0. The number of alkyl halides is 1. The first-order valence-electron chi connectivity index (χ1n) is 12.2. The molecule has 3 amide bonds. The molecular formula is C25H38BrN3O4S. The van der Waals surface area contributed by atoms with Crippen LogP contribution in [0.1, 0.15) is 40.0 Å². The third-order valence-corrected chi connectivity index (χ3v) is 10.5. The molecule has 0 aromatic heterocycles. The first-order chi connectivity index (χ1) is 16.2. The number of rotatable bonds is 12. The summed E-state index contributed by atoms with van der Waals surface area (Å²) in [6, 6.07) is -0.713. The zero-order chi connectivity index (χ0) is 25.2. The highest BCUT2D eigenvalue weighted by Gasteiger charge is 2.76. The van der Waals surface area contributed by atoms with E-state index in [2.05, 4.69) is 29.1 Å². The first-order valence-corrected chi connectivity index (χ1v) is 14.0. The minimum Gasteiger partial charge on any atom is -0.396 e. The van der Waals surface area contributed by atoms with Crippen LogP contribution in [0.15, 0.2) is 25.3 Å². The maximum atomic E-state index is 14.0. The standard InChI is InChI=1S/C25H38BrN3O4S/c1-6-10-27(11-7-2)22(31)18-19-23(32)29(13-9-14-30)21(24(33)28(12-8-3)16(4)5)25(19)15-17(26)20(18)34-25/h6,8,16-21,30H,1,3,7,9-15H2,2,4-5H3/t17?,18-,19-,20-,21?,25?/m0/s1. The van der Waals surface area contributed by atoms with Gasteiger partial charge in [-0.1, -0.05) is 35.0 Å². The summed E-state index contributed by atoms with van der Waals surface area (Å²) in [5.74, 6) is -1.27. The van der Waals surface area contributed by atoms with Crippen LogP contribution in [0, 0.1) is 11.8 Å². The molecule has 3 aliphatic rings. The molecule has 0 radical (unpaired) electrons. The summed E-state index contributed by atoms with van der Waals surface area (Å²) >= 11 is 5.46. The Kier molecular flexibility index (Phi) is 8.96. The highest BCUT2D eigenvalue weighted by atomic mass is 79.9. The molecule has 0 aliphatic carbocycles. The van der Waals surface area contributed by atoms with Gasteiger partial charge < -0.3 is 19.8 Å². The molecule has 2 bridgehead atoms. The van der Waals surface area contributed by atoms with Gasteiger partial charge in [-0.05, 0) is 33.1 Å². The molecule has 190 valence electrons. The fourth-order valence-electron chi connectivity index (χ4n) is 5.95. The average molecular weight is 557 g/mol. The second kappa shape index (κ2) is 11.2. The summed E-state index contributed by atoms with van der Waals surface area (Å²) in [6.07, 6.45) is 5.30. The maximum Gasteiger partial charge on any atom is 0.247 e. The van der Waals surface area contributed by atoms with Crippen LogP contribution < -0.4 is 0 Å². The molecule has 3 aliphatic heterocycles. The van der Waals surface area contributed by atoms with Crippen LogP contribution in [0.25, 0.3) is 0 Å². The van der Waals surface area contributed by atoms with E-state index < -0.39 is 22.6 Å². The SMILES string of the molecule is C=CCN(CCC)C(=O)[C@H]1[C@H]2C(=O)N(CCCO)C(C(=O)N(CC=C)C(C)C)C23CC(Br)[C@@H]1S3. The van der Waals surface area contributed by atoms with E-state index in [1.165, 1.54) is 0 Å². The van der Waals surface area contributed by atoms with Gasteiger partial charge in [-0.25, -0.2) is 0 Å². The molecule has 3 fully saturated rings. The molecule has 3 rings (SSSR count). The molecule has 0 aromatic carbocycles. The van der Waals surface area contributed by atoms with Crippen LogP contribution in [-0.2, 0) is 14.4 Å². The van der Waals surface area contributed by atoms with Crippen LogP contribution in [0.3, 0.4) is 0 Å². The van der Waals surface area contributed by atoms with Crippen molar-refractivity contribution in [3.63, 3.8) is 0 Å². The topological polar surface area (TPSA) is 81.2 Å². The molecule has 7 nitrogen and oxygen atoms in total. The van der Waals surface area contributed by atoms with E-state index in [9.17, 15) is 19.5 Å². The van der Waals surface area contributed by atoms with E-state index >= 15 is 0 Å². The number of amides is 3. The van der Waals surface area contributed by atoms with Crippen molar-refractivity contribution in [1.29, 1.82) is 0 Å². The number of likely N-dealkylation sites (tertiary alicyclic amines) is 1. The van der Waals surface area contributed by atoms with Crippen molar-refractivity contribution in [1.82, 2.24) is 14.7 Å². The van der Waals surface area contributed by atoms with Crippen LogP contribution in [0.4, 0.5) is 0 Å². The third-order valence-electron chi connectivity index (χ3n) is 7.25. The van der Waals surface area contributed by atoms with Gasteiger partial charge in [0.25, 0.3) is 0 Å². The molecule has 6 atom stereocenters. The Morgan fingerprint density at radius 1 is 1.29 bits per heavy atom. The van der Waals surface area contributed by atoms with Gasteiger partial charge in [-0.2, -0.15) is 0 Å². The summed E-state index contributed by atoms with van der Waals surface area (Å²) in [4.78, 5) is 47.0. The van der Waals surface area contributed by atoms with E-state index in [0.717, 1.165) is 6.42 Å². The normalized spacial score (nSPS) is 31.6. The Bertz CT molecular complexity index is 824. The summed E-state index contributed by atoms with van der Waals surface area (Å²) in [5, 5.41) is 9.43. The Morgan fingerprint density at radius 3 is 2.53 bits per heavy atom. The summed E-state index contributed by atoms with van der Waals surface area (Å²) in [6.45, 7) is 15.2. The van der Waals surface area contributed by atoms with Crippen LogP contribution in [-0.4, -0.2) is 97.2 Å². The lowest BCUT2D eigenvalue weighted by molar-refractivity contribution is -0.145. The molecule has 3 unspecified atom stereocenters. The molecule has 0 aromatic rings. The number of hydrogen-bond donors (Lipinski definition) is 1. The highest BCUT2D eigenvalue weighted by Crippen LogP contribution is 2.68. The average Bonchev–Trinajstić information content (AvgIpc) is 3.38. The predicted molar refractivity (Wildman–Crippen MR) is 140 cm³/mol. The van der Waals surface area contributed by atoms with Gasteiger partial charge in [0.15, 0.2) is 0 Å². The van der Waals surface area contributed by atoms with Crippen molar-refractivity contribution >= 4 is 45.4 Å². The minimum atomic E-state index is -0.664.